The normalized spacial score (nSPS) is 14.4. The molecule has 7 heteroatoms. The standard InChI is InChI=1S/C22H25N5O.HI/c1-23-22(27-14-12-26(13-15-27)20-10-6-3-7-11-20)24-16-19-17-28-21(25-19)18-8-4-2-5-9-18;/h2-11,17H,12-16H2,1H3,(H,23,24);1H. The van der Waals surface area contributed by atoms with E-state index in [0.29, 0.717) is 12.4 Å². The monoisotopic (exact) mass is 503 g/mol. The Labute approximate surface area is 188 Å². The zero-order valence-corrected chi connectivity index (χ0v) is 18.8. The predicted molar refractivity (Wildman–Crippen MR) is 128 cm³/mol. The van der Waals surface area contributed by atoms with Crippen LogP contribution in [0.3, 0.4) is 0 Å². The maximum atomic E-state index is 5.61. The number of guanidine groups is 1. The van der Waals surface area contributed by atoms with E-state index in [9.17, 15) is 0 Å². The third kappa shape index (κ3) is 5.29. The van der Waals surface area contributed by atoms with Crippen molar-refractivity contribution >= 4 is 35.6 Å². The Morgan fingerprint density at radius 2 is 1.66 bits per heavy atom. The average molecular weight is 503 g/mol. The van der Waals surface area contributed by atoms with Crippen LogP contribution in [-0.2, 0) is 6.54 Å². The molecule has 4 rings (SSSR count). The van der Waals surface area contributed by atoms with Crippen molar-refractivity contribution < 1.29 is 4.42 Å². The number of aromatic nitrogens is 1. The molecule has 1 aliphatic heterocycles. The topological polar surface area (TPSA) is 56.9 Å². The molecule has 29 heavy (non-hydrogen) atoms. The Morgan fingerprint density at radius 1 is 1.00 bits per heavy atom. The molecule has 0 saturated carbocycles. The highest BCUT2D eigenvalue weighted by Crippen LogP contribution is 2.18. The summed E-state index contributed by atoms with van der Waals surface area (Å²) < 4.78 is 5.61. The highest BCUT2D eigenvalue weighted by molar-refractivity contribution is 14.0. The van der Waals surface area contributed by atoms with Gasteiger partial charge in [0.1, 0.15) is 6.26 Å². The van der Waals surface area contributed by atoms with Crippen LogP contribution in [0, 0.1) is 0 Å². The number of oxazole rings is 1. The Balaban J connectivity index is 0.00000240. The minimum Gasteiger partial charge on any atom is -0.444 e. The summed E-state index contributed by atoms with van der Waals surface area (Å²) in [4.78, 5) is 13.7. The second-order valence-electron chi connectivity index (χ2n) is 6.72. The van der Waals surface area contributed by atoms with Gasteiger partial charge < -0.3 is 19.5 Å². The molecule has 152 valence electrons. The van der Waals surface area contributed by atoms with Crippen LogP contribution in [0.5, 0.6) is 0 Å². The van der Waals surface area contributed by atoms with E-state index < -0.39 is 0 Å². The van der Waals surface area contributed by atoms with E-state index in [1.165, 1.54) is 5.69 Å². The van der Waals surface area contributed by atoms with Crippen molar-refractivity contribution in [3.05, 3.63) is 72.6 Å². The summed E-state index contributed by atoms with van der Waals surface area (Å²) in [6.45, 7) is 4.41. The minimum absolute atomic E-state index is 0. The number of benzene rings is 2. The lowest BCUT2D eigenvalue weighted by atomic mass is 10.2. The SMILES string of the molecule is CN=C(NCc1coc(-c2ccccc2)n1)N1CCN(c2ccccc2)CC1.I. The quantitative estimate of drug-likeness (QED) is 0.333. The predicted octanol–water partition coefficient (Wildman–Crippen LogP) is 3.86. The Kier molecular flexibility index (Phi) is 7.51. The van der Waals surface area contributed by atoms with E-state index in [1.54, 1.807) is 6.26 Å². The van der Waals surface area contributed by atoms with Gasteiger partial charge in [-0.3, -0.25) is 4.99 Å². The van der Waals surface area contributed by atoms with E-state index in [4.69, 9.17) is 4.42 Å². The third-order valence-corrected chi connectivity index (χ3v) is 4.91. The first-order valence-electron chi connectivity index (χ1n) is 9.59. The number of nitrogens with zero attached hydrogens (tertiary/aromatic N) is 4. The van der Waals surface area contributed by atoms with Gasteiger partial charge in [0.25, 0.3) is 0 Å². The van der Waals surface area contributed by atoms with Crippen molar-refractivity contribution in [1.82, 2.24) is 15.2 Å². The van der Waals surface area contributed by atoms with Gasteiger partial charge in [-0.25, -0.2) is 4.98 Å². The van der Waals surface area contributed by atoms with E-state index in [2.05, 4.69) is 55.4 Å². The van der Waals surface area contributed by atoms with Gasteiger partial charge in [-0.05, 0) is 24.3 Å². The van der Waals surface area contributed by atoms with Gasteiger partial charge >= 0.3 is 0 Å². The van der Waals surface area contributed by atoms with Crippen molar-refractivity contribution in [2.45, 2.75) is 6.54 Å². The van der Waals surface area contributed by atoms with Crippen LogP contribution >= 0.6 is 24.0 Å². The number of piperazine rings is 1. The van der Waals surface area contributed by atoms with Crippen LogP contribution in [0.4, 0.5) is 5.69 Å². The summed E-state index contributed by atoms with van der Waals surface area (Å²) in [5.41, 5.74) is 3.12. The molecule has 1 aliphatic rings. The van der Waals surface area contributed by atoms with Gasteiger partial charge in [0, 0.05) is 44.5 Å². The molecule has 1 N–H and O–H groups in total. The molecule has 1 aromatic heterocycles. The fourth-order valence-electron chi connectivity index (χ4n) is 3.42. The van der Waals surface area contributed by atoms with Gasteiger partial charge in [0.15, 0.2) is 5.96 Å². The average Bonchev–Trinajstić information content (AvgIpc) is 3.25. The fraction of sp³-hybridized carbons (Fsp3) is 0.273. The lowest BCUT2D eigenvalue weighted by Crippen LogP contribution is -2.52. The lowest BCUT2D eigenvalue weighted by Gasteiger charge is -2.37. The van der Waals surface area contributed by atoms with Crippen molar-refractivity contribution in [2.75, 3.05) is 38.1 Å². The largest absolute Gasteiger partial charge is 0.444 e. The summed E-state index contributed by atoms with van der Waals surface area (Å²) in [5, 5.41) is 3.41. The zero-order chi connectivity index (χ0) is 19.2. The van der Waals surface area contributed by atoms with Crippen molar-refractivity contribution in [2.24, 2.45) is 4.99 Å². The number of halogens is 1. The van der Waals surface area contributed by atoms with E-state index in [1.807, 2.05) is 37.4 Å². The number of aliphatic imine (C=N–C) groups is 1. The van der Waals surface area contributed by atoms with Gasteiger partial charge in [0.05, 0.1) is 12.2 Å². The molecule has 0 spiro atoms. The molecular formula is C22H26IN5O. The first-order chi connectivity index (χ1) is 13.8. The molecule has 1 fully saturated rings. The highest BCUT2D eigenvalue weighted by Gasteiger charge is 2.20. The molecule has 3 aromatic rings. The van der Waals surface area contributed by atoms with E-state index in [0.717, 1.165) is 43.4 Å². The smallest absolute Gasteiger partial charge is 0.226 e. The molecule has 0 atom stereocenters. The third-order valence-electron chi connectivity index (χ3n) is 4.91. The molecule has 0 unspecified atom stereocenters. The van der Waals surface area contributed by atoms with Gasteiger partial charge in [0.2, 0.25) is 5.89 Å². The summed E-state index contributed by atoms with van der Waals surface area (Å²) in [6.07, 6.45) is 1.70. The molecule has 6 nitrogen and oxygen atoms in total. The number of rotatable bonds is 4. The highest BCUT2D eigenvalue weighted by atomic mass is 127. The molecule has 2 heterocycles. The van der Waals surface area contributed by atoms with Crippen molar-refractivity contribution in [1.29, 1.82) is 0 Å². The second kappa shape index (κ2) is 10.3. The van der Waals surface area contributed by atoms with Crippen LogP contribution in [0.15, 0.2) is 76.3 Å². The van der Waals surface area contributed by atoms with Crippen molar-refractivity contribution in [3.63, 3.8) is 0 Å². The number of anilines is 1. The second-order valence-corrected chi connectivity index (χ2v) is 6.72. The minimum atomic E-state index is 0. The van der Waals surface area contributed by atoms with Crippen LogP contribution in [-0.4, -0.2) is 49.1 Å². The van der Waals surface area contributed by atoms with Crippen LogP contribution < -0.4 is 10.2 Å². The molecule has 0 amide bonds. The van der Waals surface area contributed by atoms with Crippen LogP contribution in [0.2, 0.25) is 0 Å². The van der Waals surface area contributed by atoms with Gasteiger partial charge in [-0.2, -0.15) is 0 Å². The maximum absolute atomic E-state index is 5.61. The first kappa shape index (κ1) is 21.2. The van der Waals surface area contributed by atoms with Crippen molar-refractivity contribution in [3.8, 4) is 11.5 Å². The molecule has 2 aromatic carbocycles. The Bertz CT molecular complexity index is 905. The fourth-order valence-corrected chi connectivity index (χ4v) is 3.42. The Morgan fingerprint density at radius 3 is 2.31 bits per heavy atom. The summed E-state index contributed by atoms with van der Waals surface area (Å²) in [6, 6.07) is 20.5. The molecule has 0 bridgehead atoms. The summed E-state index contributed by atoms with van der Waals surface area (Å²) in [5.74, 6) is 1.54. The Hall–Kier alpha value is -2.55. The number of nitrogens with one attached hydrogen (secondary N) is 1. The number of para-hydroxylation sites is 1. The maximum Gasteiger partial charge on any atom is 0.226 e. The molecular weight excluding hydrogens is 477 g/mol. The van der Waals surface area contributed by atoms with E-state index >= 15 is 0 Å². The lowest BCUT2D eigenvalue weighted by molar-refractivity contribution is 0.372. The molecule has 1 saturated heterocycles. The summed E-state index contributed by atoms with van der Waals surface area (Å²) in [7, 11) is 1.82. The number of hydrogen-bond acceptors (Lipinski definition) is 4. The molecule has 0 radical (unpaired) electrons. The zero-order valence-electron chi connectivity index (χ0n) is 16.5. The number of hydrogen-bond donors (Lipinski definition) is 1. The molecule has 0 aliphatic carbocycles. The van der Waals surface area contributed by atoms with Crippen LogP contribution in [0.1, 0.15) is 5.69 Å². The van der Waals surface area contributed by atoms with Crippen LogP contribution in [0.25, 0.3) is 11.5 Å². The first-order valence-corrected chi connectivity index (χ1v) is 9.59. The van der Waals surface area contributed by atoms with Gasteiger partial charge in [-0.15, -0.1) is 24.0 Å². The van der Waals surface area contributed by atoms with E-state index in [-0.39, 0.29) is 24.0 Å². The summed E-state index contributed by atoms with van der Waals surface area (Å²) >= 11 is 0. The van der Waals surface area contributed by atoms with Gasteiger partial charge in [-0.1, -0.05) is 36.4 Å².